The number of aromatic carboxylic acids is 1. The molecule has 6 nitrogen and oxygen atoms in total. The molecule has 0 aromatic heterocycles. The highest BCUT2D eigenvalue weighted by Gasteiger charge is 2.37. The van der Waals surface area contributed by atoms with E-state index in [4.69, 9.17) is 4.74 Å². The first-order chi connectivity index (χ1) is 15.1. The van der Waals surface area contributed by atoms with Crippen LogP contribution in [0.5, 0.6) is 5.75 Å². The molecule has 3 rings (SSSR count). The van der Waals surface area contributed by atoms with Crippen molar-refractivity contribution in [3.8, 4) is 5.75 Å². The number of alkyl halides is 3. The molecule has 10 heteroatoms. The molecule has 0 saturated heterocycles. The van der Waals surface area contributed by atoms with Gasteiger partial charge in [0.1, 0.15) is 11.6 Å². The molecule has 32 heavy (non-hydrogen) atoms. The van der Waals surface area contributed by atoms with Crippen molar-refractivity contribution in [1.82, 2.24) is 0 Å². The van der Waals surface area contributed by atoms with Crippen LogP contribution in [0.15, 0.2) is 60.4 Å². The number of carbonyl (C=O) groups excluding carboxylic acids is 1. The summed E-state index contributed by atoms with van der Waals surface area (Å²) in [5.41, 5.74) is -0.115. The van der Waals surface area contributed by atoms with Gasteiger partial charge in [-0.25, -0.2) is 9.18 Å². The number of amides is 1. The number of carboxylic acid groups (broad SMARTS) is 1. The Morgan fingerprint density at radius 2 is 1.88 bits per heavy atom. The second-order valence-electron chi connectivity index (χ2n) is 7.12. The third kappa shape index (κ3) is 6.22. The van der Waals surface area contributed by atoms with Gasteiger partial charge in [0.15, 0.2) is 6.10 Å². The molecule has 0 spiro atoms. The van der Waals surface area contributed by atoms with E-state index in [-0.39, 0.29) is 29.4 Å². The molecule has 0 saturated carbocycles. The van der Waals surface area contributed by atoms with Gasteiger partial charge in [0.05, 0.1) is 24.2 Å². The van der Waals surface area contributed by atoms with Gasteiger partial charge in [-0.1, -0.05) is 18.2 Å². The van der Waals surface area contributed by atoms with Gasteiger partial charge in [0.25, 0.3) is 5.91 Å². The van der Waals surface area contributed by atoms with Crippen molar-refractivity contribution in [1.29, 1.82) is 0 Å². The van der Waals surface area contributed by atoms with Crippen LogP contribution in [0, 0.1) is 0 Å². The lowest BCUT2D eigenvalue weighted by atomic mass is 10.1. The van der Waals surface area contributed by atoms with E-state index >= 15 is 0 Å². The van der Waals surface area contributed by atoms with Crippen LogP contribution in [0.4, 0.5) is 28.9 Å². The van der Waals surface area contributed by atoms with Gasteiger partial charge < -0.3 is 20.1 Å². The van der Waals surface area contributed by atoms with E-state index in [0.717, 1.165) is 0 Å². The third-order valence-electron chi connectivity index (χ3n) is 4.69. The summed E-state index contributed by atoms with van der Waals surface area (Å²) >= 11 is 0. The van der Waals surface area contributed by atoms with Gasteiger partial charge in [0.2, 0.25) is 0 Å². The van der Waals surface area contributed by atoms with Crippen LogP contribution in [0.2, 0.25) is 0 Å². The Bertz CT molecular complexity index is 1010. The van der Waals surface area contributed by atoms with Crippen LogP contribution < -0.4 is 15.0 Å². The minimum absolute atomic E-state index is 0.0245. The lowest BCUT2D eigenvalue weighted by Gasteiger charge is -2.27. The Labute approximate surface area is 181 Å². The number of rotatable bonds is 7. The van der Waals surface area contributed by atoms with Crippen LogP contribution in [-0.2, 0) is 4.79 Å². The second kappa shape index (κ2) is 9.71. The highest BCUT2D eigenvalue weighted by Crippen LogP contribution is 2.28. The monoisotopic (exact) mass is 452 g/mol. The summed E-state index contributed by atoms with van der Waals surface area (Å²) in [7, 11) is 0. The number of carbonyl (C=O) groups is 2. The number of para-hydroxylation sites is 1. The summed E-state index contributed by atoms with van der Waals surface area (Å²) in [6.45, 7) is 0.445. The van der Waals surface area contributed by atoms with Crippen molar-refractivity contribution in [3.63, 3.8) is 0 Å². The molecule has 1 atom stereocenters. The van der Waals surface area contributed by atoms with Crippen molar-refractivity contribution in [3.05, 3.63) is 66.0 Å². The fourth-order valence-corrected chi connectivity index (χ4v) is 3.21. The van der Waals surface area contributed by atoms with Crippen molar-refractivity contribution in [2.45, 2.75) is 25.1 Å². The molecular weight excluding hydrogens is 432 g/mol. The zero-order valence-electron chi connectivity index (χ0n) is 16.7. The molecule has 0 fully saturated rings. The van der Waals surface area contributed by atoms with Gasteiger partial charge in [-0.3, -0.25) is 4.79 Å². The highest BCUT2D eigenvalue weighted by molar-refractivity contribution is 6.02. The van der Waals surface area contributed by atoms with Crippen LogP contribution in [0.25, 0.3) is 0 Å². The predicted octanol–water partition coefficient (Wildman–Crippen LogP) is 4.79. The van der Waals surface area contributed by atoms with Gasteiger partial charge in [-0.15, -0.1) is 0 Å². The lowest BCUT2D eigenvalue weighted by Crippen LogP contribution is -2.37. The number of benzene rings is 2. The van der Waals surface area contributed by atoms with Crippen LogP contribution >= 0.6 is 0 Å². The quantitative estimate of drug-likeness (QED) is 0.591. The third-order valence-corrected chi connectivity index (χ3v) is 4.69. The number of ether oxygens (including phenoxy) is 1. The fraction of sp³-hybridized carbons (Fsp3) is 0.273. The number of nitrogens with zero attached hydrogens (tertiary/aromatic N) is 1. The van der Waals surface area contributed by atoms with E-state index in [0.29, 0.717) is 18.7 Å². The number of anilines is 2. The Kier molecular flexibility index (Phi) is 7.01. The van der Waals surface area contributed by atoms with E-state index in [2.05, 4.69) is 5.32 Å². The first kappa shape index (κ1) is 23.1. The molecule has 1 heterocycles. The molecule has 0 aliphatic carbocycles. The predicted molar refractivity (Wildman–Crippen MR) is 110 cm³/mol. The van der Waals surface area contributed by atoms with E-state index < -0.39 is 30.6 Å². The van der Waals surface area contributed by atoms with Crippen molar-refractivity contribution >= 4 is 23.3 Å². The molecule has 2 N–H and O–H groups in total. The highest BCUT2D eigenvalue weighted by atomic mass is 19.4. The van der Waals surface area contributed by atoms with E-state index in [1.165, 1.54) is 48.5 Å². The largest absolute Gasteiger partial charge is 0.480 e. The van der Waals surface area contributed by atoms with Crippen LogP contribution in [-0.4, -0.2) is 42.4 Å². The average molecular weight is 452 g/mol. The summed E-state index contributed by atoms with van der Waals surface area (Å²) in [5.74, 6) is -2.83. The van der Waals surface area contributed by atoms with E-state index in [9.17, 15) is 32.3 Å². The molecule has 0 unspecified atom stereocenters. The first-order valence-corrected chi connectivity index (χ1v) is 9.68. The molecule has 170 valence electrons. The summed E-state index contributed by atoms with van der Waals surface area (Å²) in [6, 6.07) is 11.5. The summed E-state index contributed by atoms with van der Waals surface area (Å²) in [4.78, 5) is 26.0. The number of hydrogen-bond donors (Lipinski definition) is 2. The molecule has 0 radical (unpaired) electrons. The standard InChI is InChI=1S/C22H20F4N2O4/c23-14-5-4-10-28(13-14)15-8-9-18(17(11-15)21(30)31)27-20(29)19(12-22(24,25)26)32-16-6-2-1-3-7-16/h1-3,5-9,11,19H,4,10,12-13H2,(H,27,29)(H,30,31)/t19-/m0/s1. The average Bonchev–Trinajstić information content (AvgIpc) is 2.73. The minimum atomic E-state index is -4.69. The maximum absolute atomic E-state index is 13.6. The SMILES string of the molecule is O=C(O)c1cc(N2CCC=C(F)C2)ccc1NC(=O)[C@H](CC(F)(F)F)Oc1ccccc1. The van der Waals surface area contributed by atoms with Crippen LogP contribution in [0.1, 0.15) is 23.2 Å². The zero-order valence-corrected chi connectivity index (χ0v) is 16.7. The number of nitrogens with one attached hydrogen (secondary N) is 1. The fourth-order valence-electron chi connectivity index (χ4n) is 3.21. The normalized spacial score (nSPS) is 15.0. The summed E-state index contributed by atoms with van der Waals surface area (Å²) in [6.07, 6.45) is -6.30. The molecule has 0 bridgehead atoms. The lowest BCUT2D eigenvalue weighted by molar-refractivity contribution is -0.158. The molecule has 1 aliphatic rings. The summed E-state index contributed by atoms with van der Waals surface area (Å²) in [5, 5.41) is 11.8. The van der Waals surface area contributed by atoms with Gasteiger partial charge >= 0.3 is 12.1 Å². The number of halogens is 4. The maximum Gasteiger partial charge on any atom is 0.393 e. The smallest absolute Gasteiger partial charge is 0.393 e. The number of carboxylic acids is 1. The van der Waals surface area contributed by atoms with Gasteiger partial charge in [-0.05, 0) is 42.8 Å². The van der Waals surface area contributed by atoms with Crippen molar-refractivity contribution < 1.29 is 37.0 Å². The number of hydrogen-bond acceptors (Lipinski definition) is 4. The Hall–Kier alpha value is -3.56. The Morgan fingerprint density at radius 1 is 1.16 bits per heavy atom. The topological polar surface area (TPSA) is 78.9 Å². The molecule has 2 aromatic rings. The second-order valence-corrected chi connectivity index (χ2v) is 7.12. The van der Waals surface area contributed by atoms with Crippen LogP contribution in [0.3, 0.4) is 0 Å². The molecule has 1 amide bonds. The molecule has 1 aliphatic heterocycles. The maximum atomic E-state index is 13.6. The van der Waals surface area contributed by atoms with Gasteiger partial charge in [0, 0.05) is 12.2 Å². The minimum Gasteiger partial charge on any atom is -0.480 e. The van der Waals surface area contributed by atoms with Gasteiger partial charge in [-0.2, -0.15) is 13.2 Å². The molecule has 2 aromatic carbocycles. The van der Waals surface area contributed by atoms with Crippen molar-refractivity contribution in [2.75, 3.05) is 23.3 Å². The Morgan fingerprint density at radius 3 is 2.50 bits per heavy atom. The van der Waals surface area contributed by atoms with E-state index in [1.54, 1.807) is 11.0 Å². The summed E-state index contributed by atoms with van der Waals surface area (Å²) < 4.78 is 57.8. The van der Waals surface area contributed by atoms with E-state index in [1.807, 2.05) is 0 Å². The van der Waals surface area contributed by atoms with Crippen molar-refractivity contribution in [2.24, 2.45) is 0 Å². The zero-order chi connectivity index (χ0) is 23.3. The first-order valence-electron chi connectivity index (χ1n) is 9.68. The Balaban J connectivity index is 1.83. The molecular formula is C22H20F4N2O4.